The number of rotatable bonds is 3. The van der Waals surface area contributed by atoms with Crippen molar-refractivity contribution in [3.05, 3.63) is 12.2 Å². The molecule has 0 aliphatic heterocycles. The van der Waals surface area contributed by atoms with Crippen LogP contribution in [-0.2, 0) is 4.79 Å². The molecule has 4 N–H and O–H groups in total. The third-order valence-corrected chi connectivity index (χ3v) is 3.67. The van der Waals surface area contributed by atoms with E-state index < -0.39 is 0 Å². The second-order valence-corrected chi connectivity index (χ2v) is 4.88. The number of nitrogens with one attached hydrogen (secondary N) is 1. The molecule has 1 saturated carbocycles. The van der Waals surface area contributed by atoms with Crippen LogP contribution in [0.4, 0.5) is 0 Å². The van der Waals surface area contributed by atoms with Crippen molar-refractivity contribution in [2.75, 3.05) is 6.61 Å². The van der Waals surface area contributed by atoms with Crippen LogP contribution in [0, 0.1) is 11.8 Å². The lowest BCUT2D eigenvalue weighted by atomic mass is 10.0. The van der Waals surface area contributed by atoms with Crippen LogP contribution in [0.1, 0.15) is 25.7 Å². The molecular formula is C12H20N2O2. The quantitative estimate of drug-likeness (QED) is 0.598. The van der Waals surface area contributed by atoms with Gasteiger partial charge in [-0.1, -0.05) is 18.6 Å². The highest BCUT2D eigenvalue weighted by atomic mass is 16.3. The molecule has 2 aliphatic rings. The van der Waals surface area contributed by atoms with Crippen molar-refractivity contribution < 1.29 is 9.90 Å². The summed E-state index contributed by atoms with van der Waals surface area (Å²) in [6, 6.07) is 0.177. The first kappa shape index (κ1) is 11.6. The van der Waals surface area contributed by atoms with Crippen molar-refractivity contribution >= 4 is 5.91 Å². The number of aliphatic hydroxyl groups is 1. The number of carbonyl (C=O) groups is 1. The normalized spacial score (nSPS) is 37.9. The molecule has 0 heterocycles. The van der Waals surface area contributed by atoms with Gasteiger partial charge >= 0.3 is 0 Å². The summed E-state index contributed by atoms with van der Waals surface area (Å²) in [4.78, 5) is 11.9. The van der Waals surface area contributed by atoms with E-state index in [9.17, 15) is 9.90 Å². The average molecular weight is 224 g/mol. The molecule has 4 nitrogen and oxygen atoms in total. The molecule has 0 aromatic heterocycles. The fourth-order valence-corrected chi connectivity index (χ4v) is 2.66. The molecular weight excluding hydrogens is 204 g/mol. The van der Waals surface area contributed by atoms with Gasteiger partial charge in [0, 0.05) is 24.6 Å². The molecule has 1 fully saturated rings. The summed E-state index contributed by atoms with van der Waals surface area (Å²) in [5, 5.41) is 12.2. The van der Waals surface area contributed by atoms with E-state index in [1.54, 1.807) is 0 Å². The van der Waals surface area contributed by atoms with E-state index in [2.05, 4.69) is 5.32 Å². The molecule has 0 radical (unpaired) electrons. The second kappa shape index (κ2) is 4.97. The van der Waals surface area contributed by atoms with Crippen LogP contribution in [0.15, 0.2) is 12.2 Å². The average Bonchev–Trinajstić information content (AvgIpc) is 2.86. The first-order valence-electron chi connectivity index (χ1n) is 6.06. The highest BCUT2D eigenvalue weighted by Crippen LogP contribution is 2.26. The summed E-state index contributed by atoms with van der Waals surface area (Å²) in [6.45, 7) is 0.172. The monoisotopic (exact) mass is 224 g/mol. The van der Waals surface area contributed by atoms with Crippen LogP contribution in [0.3, 0.4) is 0 Å². The Morgan fingerprint density at radius 3 is 2.88 bits per heavy atom. The van der Waals surface area contributed by atoms with Crippen molar-refractivity contribution in [1.82, 2.24) is 5.32 Å². The van der Waals surface area contributed by atoms with Gasteiger partial charge in [-0.05, 0) is 19.3 Å². The molecule has 2 aliphatic carbocycles. The Morgan fingerprint density at radius 2 is 2.25 bits per heavy atom. The zero-order valence-electron chi connectivity index (χ0n) is 9.43. The zero-order chi connectivity index (χ0) is 11.5. The molecule has 90 valence electrons. The van der Waals surface area contributed by atoms with Gasteiger partial charge in [-0.3, -0.25) is 4.79 Å². The summed E-state index contributed by atoms with van der Waals surface area (Å²) in [5.74, 6) is 0.229. The minimum atomic E-state index is -0.0741. The highest BCUT2D eigenvalue weighted by Gasteiger charge is 2.30. The smallest absolute Gasteiger partial charge is 0.227 e. The van der Waals surface area contributed by atoms with E-state index in [0.717, 1.165) is 19.3 Å². The summed E-state index contributed by atoms with van der Waals surface area (Å²) >= 11 is 0. The molecule has 4 heteroatoms. The van der Waals surface area contributed by atoms with Gasteiger partial charge in [0.25, 0.3) is 0 Å². The lowest BCUT2D eigenvalue weighted by Crippen LogP contribution is -2.41. The van der Waals surface area contributed by atoms with Crippen molar-refractivity contribution in [3.63, 3.8) is 0 Å². The maximum Gasteiger partial charge on any atom is 0.227 e. The Balaban J connectivity index is 1.85. The van der Waals surface area contributed by atoms with Crippen molar-refractivity contribution in [2.45, 2.75) is 37.8 Å². The number of hydrogen-bond acceptors (Lipinski definition) is 3. The highest BCUT2D eigenvalue weighted by molar-refractivity contribution is 5.81. The predicted molar refractivity (Wildman–Crippen MR) is 61.6 cm³/mol. The van der Waals surface area contributed by atoms with Gasteiger partial charge < -0.3 is 16.2 Å². The Morgan fingerprint density at radius 1 is 1.44 bits per heavy atom. The van der Waals surface area contributed by atoms with Crippen LogP contribution in [-0.4, -0.2) is 29.7 Å². The van der Waals surface area contributed by atoms with Crippen molar-refractivity contribution in [3.8, 4) is 0 Å². The third-order valence-electron chi connectivity index (χ3n) is 3.67. The van der Waals surface area contributed by atoms with Crippen molar-refractivity contribution in [2.24, 2.45) is 17.6 Å². The zero-order valence-corrected chi connectivity index (χ0v) is 9.43. The summed E-state index contributed by atoms with van der Waals surface area (Å²) in [7, 11) is 0. The molecule has 0 bridgehead atoms. The summed E-state index contributed by atoms with van der Waals surface area (Å²) in [6.07, 6.45) is 7.59. The molecule has 4 unspecified atom stereocenters. The fourth-order valence-electron chi connectivity index (χ4n) is 2.66. The van der Waals surface area contributed by atoms with Crippen LogP contribution in [0.25, 0.3) is 0 Å². The van der Waals surface area contributed by atoms with Gasteiger partial charge in [0.15, 0.2) is 0 Å². The van der Waals surface area contributed by atoms with E-state index in [-0.39, 0.29) is 36.4 Å². The first-order chi connectivity index (χ1) is 7.70. The van der Waals surface area contributed by atoms with E-state index >= 15 is 0 Å². The van der Waals surface area contributed by atoms with E-state index in [4.69, 9.17) is 5.73 Å². The number of hydrogen-bond donors (Lipinski definition) is 3. The van der Waals surface area contributed by atoms with Crippen LogP contribution in [0.5, 0.6) is 0 Å². The van der Waals surface area contributed by atoms with Gasteiger partial charge in [0.2, 0.25) is 5.91 Å². The lowest BCUT2D eigenvalue weighted by Gasteiger charge is -2.21. The Kier molecular flexibility index (Phi) is 3.61. The number of nitrogens with two attached hydrogens (primary N) is 1. The van der Waals surface area contributed by atoms with E-state index in [0.29, 0.717) is 6.42 Å². The van der Waals surface area contributed by atoms with Gasteiger partial charge in [-0.15, -0.1) is 0 Å². The van der Waals surface area contributed by atoms with Crippen molar-refractivity contribution in [1.29, 1.82) is 0 Å². The van der Waals surface area contributed by atoms with E-state index in [1.807, 2.05) is 12.2 Å². The van der Waals surface area contributed by atoms with Crippen LogP contribution >= 0.6 is 0 Å². The van der Waals surface area contributed by atoms with Gasteiger partial charge in [0.05, 0.1) is 5.92 Å². The molecule has 0 spiro atoms. The first-order valence-corrected chi connectivity index (χ1v) is 6.06. The van der Waals surface area contributed by atoms with Gasteiger partial charge in [-0.25, -0.2) is 0 Å². The number of carbonyl (C=O) groups excluding carboxylic acids is 1. The third kappa shape index (κ3) is 2.44. The Bertz CT molecular complexity index is 291. The SMILES string of the molecule is NC1C=CC(C(=O)NC2CCCC2CO)C1. The Hall–Kier alpha value is -0.870. The molecule has 2 rings (SSSR count). The summed E-state index contributed by atoms with van der Waals surface area (Å²) < 4.78 is 0. The Labute approximate surface area is 95.9 Å². The maximum atomic E-state index is 11.9. The van der Waals surface area contributed by atoms with Crippen LogP contribution in [0.2, 0.25) is 0 Å². The topological polar surface area (TPSA) is 75.4 Å². The van der Waals surface area contributed by atoms with Gasteiger partial charge in [-0.2, -0.15) is 0 Å². The largest absolute Gasteiger partial charge is 0.396 e. The second-order valence-electron chi connectivity index (χ2n) is 4.88. The lowest BCUT2D eigenvalue weighted by molar-refractivity contribution is -0.124. The number of aliphatic hydroxyl groups excluding tert-OH is 1. The summed E-state index contributed by atoms with van der Waals surface area (Å²) in [5.41, 5.74) is 5.72. The molecule has 16 heavy (non-hydrogen) atoms. The van der Waals surface area contributed by atoms with Gasteiger partial charge in [0.1, 0.15) is 0 Å². The fraction of sp³-hybridized carbons (Fsp3) is 0.750. The van der Waals surface area contributed by atoms with E-state index in [1.165, 1.54) is 0 Å². The molecule has 1 amide bonds. The maximum absolute atomic E-state index is 11.9. The molecule has 4 atom stereocenters. The molecule has 0 aromatic carbocycles. The van der Waals surface area contributed by atoms with Crippen LogP contribution < -0.4 is 11.1 Å². The predicted octanol–water partition coefficient (Wildman–Crippen LogP) is 0.167. The molecule has 0 saturated heterocycles. The standard InChI is InChI=1S/C12H20N2O2/c13-10-5-4-8(6-10)12(16)14-11-3-1-2-9(11)7-15/h4-5,8-11,15H,1-3,6-7,13H2,(H,14,16). The number of amides is 1. The minimum Gasteiger partial charge on any atom is -0.396 e. The minimum absolute atomic E-state index is 0.0213. The molecule has 0 aromatic rings.